The van der Waals surface area contributed by atoms with Gasteiger partial charge >= 0.3 is 0 Å². The Morgan fingerprint density at radius 3 is 2.52 bits per heavy atom. The molecule has 4 nitrogen and oxygen atoms in total. The minimum Gasteiger partial charge on any atom is -0.339 e. The first-order chi connectivity index (χ1) is 9.93. The first-order valence-electron chi connectivity index (χ1n) is 6.91. The van der Waals surface area contributed by atoms with Crippen molar-refractivity contribution >= 4 is 32.9 Å². The molecule has 2 saturated heterocycles. The number of thiocarbonyl (C=S) groups is 1. The highest BCUT2D eigenvalue weighted by Gasteiger charge is 2.51. The number of nitrogens with zero attached hydrogens (tertiary/aromatic N) is 2. The molecule has 6 heteroatoms. The van der Waals surface area contributed by atoms with Crippen molar-refractivity contribution in [2.45, 2.75) is 19.0 Å². The topological polar surface area (TPSA) is 40.6 Å². The fourth-order valence-corrected chi connectivity index (χ4v) is 5.54. The van der Waals surface area contributed by atoms with E-state index >= 15 is 0 Å². The van der Waals surface area contributed by atoms with Crippen LogP contribution >= 0.6 is 12.2 Å². The van der Waals surface area contributed by atoms with Crippen molar-refractivity contribution in [3.63, 3.8) is 0 Å². The van der Waals surface area contributed by atoms with E-state index in [9.17, 15) is 8.42 Å². The van der Waals surface area contributed by atoms with Gasteiger partial charge in [0.25, 0.3) is 0 Å². The molecule has 2 aliphatic rings. The zero-order valence-electron chi connectivity index (χ0n) is 11.9. The fourth-order valence-electron chi connectivity index (χ4n) is 3.14. The molecule has 0 radical (unpaired) electrons. The van der Waals surface area contributed by atoms with Crippen LogP contribution < -0.4 is 4.90 Å². The summed E-state index contributed by atoms with van der Waals surface area (Å²) in [6.07, 6.45) is 1.77. The van der Waals surface area contributed by atoms with Crippen molar-refractivity contribution in [2.75, 3.05) is 23.0 Å². The Morgan fingerprint density at radius 2 is 1.90 bits per heavy atom. The Morgan fingerprint density at radius 1 is 1.29 bits per heavy atom. The summed E-state index contributed by atoms with van der Waals surface area (Å²) in [5.74, 6) is 0.341. The molecule has 2 atom stereocenters. The molecule has 112 valence electrons. The Bertz CT molecular complexity index is 682. The van der Waals surface area contributed by atoms with Gasteiger partial charge in [-0.15, -0.1) is 6.58 Å². The molecule has 0 saturated carbocycles. The van der Waals surface area contributed by atoms with Crippen LogP contribution in [0.2, 0.25) is 0 Å². The van der Waals surface area contributed by atoms with Crippen LogP contribution in [0.5, 0.6) is 0 Å². The van der Waals surface area contributed by atoms with Crippen molar-refractivity contribution in [1.82, 2.24) is 4.90 Å². The maximum absolute atomic E-state index is 12.0. The fraction of sp³-hybridized carbons (Fsp3) is 0.400. The van der Waals surface area contributed by atoms with Crippen molar-refractivity contribution in [2.24, 2.45) is 0 Å². The Balaban J connectivity index is 2.01. The maximum Gasteiger partial charge on any atom is 0.177 e. The average molecular weight is 322 g/mol. The first-order valence-corrected chi connectivity index (χ1v) is 9.14. The van der Waals surface area contributed by atoms with E-state index in [-0.39, 0.29) is 23.6 Å². The van der Waals surface area contributed by atoms with Gasteiger partial charge in [-0.1, -0.05) is 23.8 Å². The molecule has 2 aliphatic heterocycles. The highest BCUT2D eigenvalue weighted by atomic mass is 32.2. The zero-order valence-corrected chi connectivity index (χ0v) is 13.5. The lowest BCUT2D eigenvalue weighted by molar-refractivity contribution is 0.389. The summed E-state index contributed by atoms with van der Waals surface area (Å²) in [5, 5.41) is 0.698. The van der Waals surface area contributed by atoms with E-state index in [1.807, 2.05) is 41.0 Å². The predicted octanol–water partition coefficient (Wildman–Crippen LogP) is 1.75. The monoisotopic (exact) mass is 322 g/mol. The van der Waals surface area contributed by atoms with Crippen LogP contribution in [-0.2, 0) is 9.84 Å². The van der Waals surface area contributed by atoms with Crippen LogP contribution in [0, 0.1) is 6.92 Å². The molecule has 0 aromatic heterocycles. The average Bonchev–Trinajstić information content (AvgIpc) is 2.84. The van der Waals surface area contributed by atoms with E-state index in [0.717, 1.165) is 5.69 Å². The number of anilines is 1. The molecule has 1 aromatic rings. The Hall–Kier alpha value is -1.40. The van der Waals surface area contributed by atoms with Crippen molar-refractivity contribution in [1.29, 1.82) is 0 Å². The molecule has 0 unspecified atom stereocenters. The summed E-state index contributed by atoms with van der Waals surface area (Å²) < 4.78 is 24.0. The zero-order chi connectivity index (χ0) is 15.2. The van der Waals surface area contributed by atoms with Gasteiger partial charge in [-0.25, -0.2) is 8.42 Å². The van der Waals surface area contributed by atoms with Gasteiger partial charge in [0.2, 0.25) is 0 Å². The second-order valence-electron chi connectivity index (χ2n) is 5.64. The maximum atomic E-state index is 12.0. The second kappa shape index (κ2) is 5.10. The number of rotatable bonds is 3. The second-order valence-corrected chi connectivity index (χ2v) is 8.16. The molecule has 0 spiro atoms. The van der Waals surface area contributed by atoms with Gasteiger partial charge in [0.05, 0.1) is 23.6 Å². The molecule has 0 bridgehead atoms. The Kier molecular flexibility index (Phi) is 3.53. The van der Waals surface area contributed by atoms with E-state index in [0.29, 0.717) is 11.7 Å². The summed E-state index contributed by atoms with van der Waals surface area (Å²) in [7, 11) is -3.01. The first kappa shape index (κ1) is 14.5. The number of benzene rings is 1. The third-order valence-corrected chi connectivity index (χ3v) is 6.25. The summed E-state index contributed by atoms with van der Waals surface area (Å²) in [6.45, 7) is 6.36. The van der Waals surface area contributed by atoms with Crippen molar-refractivity contribution in [3.8, 4) is 0 Å². The van der Waals surface area contributed by atoms with E-state index in [1.165, 1.54) is 5.56 Å². The van der Waals surface area contributed by atoms with Crippen molar-refractivity contribution in [3.05, 3.63) is 42.5 Å². The standard InChI is InChI=1S/C15H18N2O2S2/c1-3-8-16-13-9-21(18,19)10-14(13)17(15(16)20)12-6-4-11(2)5-7-12/h3-7,13-14H,1,8-10H2,2H3/t13-,14+/m1/s1. The van der Waals surface area contributed by atoms with Crippen LogP contribution in [-0.4, -0.2) is 48.6 Å². The van der Waals surface area contributed by atoms with E-state index in [1.54, 1.807) is 6.08 Å². The minimum atomic E-state index is -3.01. The molecule has 2 heterocycles. The molecule has 3 rings (SSSR count). The summed E-state index contributed by atoms with van der Waals surface area (Å²) in [6, 6.07) is 7.88. The summed E-state index contributed by atoms with van der Waals surface area (Å²) in [5.41, 5.74) is 2.13. The Labute approximate surface area is 131 Å². The molecular formula is C15H18N2O2S2. The normalized spacial score (nSPS) is 27.0. The third-order valence-electron chi connectivity index (χ3n) is 4.12. The lowest BCUT2D eigenvalue weighted by atomic mass is 10.1. The van der Waals surface area contributed by atoms with E-state index in [4.69, 9.17) is 12.2 Å². The smallest absolute Gasteiger partial charge is 0.177 e. The number of hydrogen-bond acceptors (Lipinski definition) is 3. The van der Waals surface area contributed by atoms with Crippen LogP contribution in [0.25, 0.3) is 0 Å². The molecule has 2 fully saturated rings. The van der Waals surface area contributed by atoms with Gasteiger partial charge in [-0.3, -0.25) is 0 Å². The highest BCUT2D eigenvalue weighted by Crippen LogP contribution is 2.35. The number of hydrogen-bond donors (Lipinski definition) is 0. The molecule has 1 aromatic carbocycles. The number of fused-ring (bicyclic) bond motifs is 1. The van der Waals surface area contributed by atoms with Gasteiger partial charge in [0.1, 0.15) is 0 Å². The van der Waals surface area contributed by atoms with Crippen LogP contribution in [0.3, 0.4) is 0 Å². The SMILES string of the molecule is C=CCN1C(=S)N(c2ccc(C)cc2)[C@H]2CS(=O)(=O)C[C@H]21. The van der Waals surface area contributed by atoms with Crippen LogP contribution in [0.1, 0.15) is 5.56 Å². The van der Waals surface area contributed by atoms with Crippen molar-refractivity contribution < 1.29 is 8.42 Å². The van der Waals surface area contributed by atoms with Gasteiger partial charge < -0.3 is 9.80 Å². The summed E-state index contributed by atoms with van der Waals surface area (Å²) in [4.78, 5) is 3.98. The van der Waals surface area contributed by atoms with Gasteiger partial charge in [0.15, 0.2) is 14.9 Å². The van der Waals surface area contributed by atoms with Gasteiger partial charge in [0, 0.05) is 12.2 Å². The molecule has 0 aliphatic carbocycles. The van der Waals surface area contributed by atoms with Gasteiger partial charge in [-0.2, -0.15) is 0 Å². The molecule has 21 heavy (non-hydrogen) atoms. The quantitative estimate of drug-likeness (QED) is 0.626. The van der Waals surface area contributed by atoms with E-state index < -0.39 is 9.84 Å². The number of aryl methyl sites for hydroxylation is 1. The molecule has 0 amide bonds. The predicted molar refractivity (Wildman–Crippen MR) is 89.4 cm³/mol. The minimum absolute atomic E-state index is 0.0678. The lowest BCUT2D eigenvalue weighted by Crippen LogP contribution is -2.37. The van der Waals surface area contributed by atoms with Gasteiger partial charge in [-0.05, 0) is 31.3 Å². The molecular weight excluding hydrogens is 304 g/mol. The highest BCUT2D eigenvalue weighted by molar-refractivity contribution is 7.91. The van der Waals surface area contributed by atoms with Crippen LogP contribution in [0.4, 0.5) is 5.69 Å². The molecule has 0 N–H and O–H groups in total. The van der Waals surface area contributed by atoms with E-state index in [2.05, 4.69) is 6.58 Å². The lowest BCUT2D eigenvalue weighted by Gasteiger charge is -2.25. The summed E-state index contributed by atoms with van der Waals surface area (Å²) >= 11 is 5.58. The van der Waals surface area contributed by atoms with Crippen LogP contribution in [0.15, 0.2) is 36.9 Å². The largest absolute Gasteiger partial charge is 0.339 e. The third kappa shape index (κ3) is 2.46. The number of sulfone groups is 1.